The monoisotopic (exact) mass is 294 g/mol. The molecular formula is C12H17F3N2O3. The minimum Gasteiger partial charge on any atom is -0.440 e. The highest BCUT2D eigenvalue weighted by Gasteiger charge is 2.35. The molecule has 0 aromatic rings. The number of carbonyl (C=O) groups is 2. The maximum Gasteiger partial charge on any atom is 0.422 e. The van der Waals surface area contributed by atoms with Crippen LogP contribution in [-0.4, -0.2) is 48.8 Å². The van der Waals surface area contributed by atoms with Gasteiger partial charge in [0.25, 0.3) is 0 Å². The van der Waals surface area contributed by atoms with Crippen LogP contribution in [0.15, 0.2) is 0 Å². The van der Waals surface area contributed by atoms with Crippen molar-refractivity contribution in [3.63, 3.8) is 0 Å². The maximum atomic E-state index is 11.9. The van der Waals surface area contributed by atoms with Crippen LogP contribution in [0.5, 0.6) is 0 Å². The molecule has 114 valence electrons. The number of hydrogen-bond donors (Lipinski definition) is 1. The van der Waals surface area contributed by atoms with Crippen LogP contribution < -0.4 is 5.32 Å². The third-order valence-electron chi connectivity index (χ3n) is 3.42. The number of nitrogens with one attached hydrogen (secondary N) is 1. The zero-order valence-corrected chi connectivity index (χ0v) is 10.9. The topological polar surface area (TPSA) is 58.6 Å². The summed E-state index contributed by atoms with van der Waals surface area (Å²) in [6.07, 6.45) is -2.60. The van der Waals surface area contributed by atoms with E-state index >= 15 is 0 Å². The first-order valence-corrected chi connectivity index (χ1v) is 6.64. The summed E-state index contributed by atoms with van der Waals surface area (Å²) in [5.41, 5.74) is 0. The Morgan fingerprint density at radius 3 is 2.25 bits per heavy atom. The lowest BCUT2D eigenvalue weighted by Crippen LogP contribution is -2.47. The largest absolute Gasteiger partial charge is 0.440 e. The SMILES string of the molecule is O=C(NC1CCN(C(=O)C2CC2)CC1)OCC(F)(F)F. The second-order valence-electron chi connectivity index (χ2n) is 5.21. The van der Waals surface area contributed by atoms with E-state index in [1.165, 1.54) is 0 Å². The molecule has 0 bridgehead atoms. The van der Waals surface area contributed by atoms with Crippen molar-refractivity contribution >= 4 is 12.0 Å². The van der Waals surface area contributed by atoms with Crippen LogP contribution in [0.4, 0.5) is 18.0 Å². The van der Waals surface area contributed by atoms with Gasteiger partial charge in [0.2, 0.25) is 5.91 Å². The minimum absolute atomic E-state index is 0.156. The molecule has 20 heavy (non-hydrogen) atoms. The Morgan fingerprint density at radius 1 is 1.15 bits per heavy atom. The van der Waals surface area contributed by atoms with Gasteiger partial charge in [0.1, 0.15) is 0 Å². The lowest BCUT2D eigenvalue weighted by molar-refractivity contribution is -0.160. The van der Waals surface area contributed by atoms with E-state index in [2.05, 4.69) is 10.1 Å². The number of amides is 2. The first-order chi connectivity index (χ1) is 9.35. The fourth-order valence-electron chi connectivity index (χ4n) is 2.19. The van der Waals surface area contributed by atoms with E-state index in [0.29, 0.717) is 25.9 Å². The lowest BCUT2D eigenvalue weighted by Gasteiger charge is -2.32. The summed E-state index contributed by atoms with van der Waals surface area (Å²) in [4.78, 5) is 24.7. The van der Waals surface area contributed by atoms with Gasteiger partial charge < -0.3 is 15.0 Å². The van der Waals surface area contributed by atoms with Crippen LogP contribution in [0.3, 0.4) is 0 Å². The fourth-order valence-corrected chi connectivity index (χ4v) is 2.19. The molecule has 1 aliphatic heterocycles. The van der Waals surface area contributed by atoms with Crippen LogP contribution in [0, 0.1) is 5.92 Å². The highest BCUT2D eigenvalue weighted by atomic mass is 19.4. The molecule has 0 aromatic heterocycles. The Morgan fingerprint density at radius 2 is 1.75 bits per heavy atom. The van der Waals surface area contributed by atoms with Gasteiger partial charge in [-0.1, -0.05) is 0 Å². The Balaban J connectivity index is 1.66. The molecule has 8 heteroatoms. The Labute approximate surface area is 114 Å². The smallest absolute Gasteiger partial charge is 0.422 e. The average Bonchev–Trinajstić information content (AvgIpc) is 3.20. The first kappa shape index (κ1) is 14.9. The van der Waals surface area contributed by atoms with Crippen molar-refractivity contribution < 1.29 is 27.5 Å². The molecule has 2 fully saturated rings. The molecule has 1 heterocycles. The molecular weight excluding hydrogens is 277 g/mol. The predicted octanol–water partition coefficient (Wildman–Crippen LogP) is 1.68. The minimum atomic E-state index is -4.52. The van der Waals surface area contributed by atoms with Crippen LogP contribution in [0.1, 0.15) is 25.7 Å². The van der Waals surface area contributed by atoms with Crippen molar-refractivity contribution in [2.24, 2.45) is 5.92 Å². The van der Waals surface area contributed by atoms with Gasteiger partial charge in [0.15, 0.2) is 6.61 Å². The fraction of sp³-hybridized carbons (Fsp3) is 0.833. The third kappa shape index (κ3) is 4.57. The summed E-state index contributed by atoms with van der Waals surface area (Å²) in [5, 5.41) is 2.40. The molecule has 2 aliphatic rings. The number of ether oxygens (including phenoxy) is 1. The van der Waals surface area contributed by atoms with Crippen LogP contribution >= 0.6 is 0 Å². The zero-order chi connectivity index (χ0) is 14.8. The van der Waals surface area contributed by atoms with E-state index in [0.717, 1.165) is 12.8 Å². The summed E-state index contributed by atoms with van der Waals surface area (Å²) in [6.45, 7) is -0.531. The van der Waals surface area contributed by atoms with Gasteiger partial charge in [-0.25, -0.2) is 4.79 Å². The molecule has 2 rings (SSSR count). The molecule has 0 radical (unpaired) electrons. The van der Waals surface area contributed by atoms with Gasteiger partial charge in [-0.2, -0.15) is 13.2 Å². The van der Waals surface area contributed by atoms with E-state index in [1.807, 2.05) is 0 Å². The summed E-state index contributed by atoms with van der Waals surface area (Å²) < 4.78 is 39.7. The summed E-state index contributed by atoms with van der Waals surface area (Å²) in [6, 6.07) is -0.237. The number of alkyl carbamates (subject to hydrolysis) is 1. The molecule has 0 unspecified atom stereocenters. The molecule has 1 saturated heterocycles. The van der Waals surface area contributed by atoms with E-state index in [1.54, 1.807) is 4.90 Å². The van der Waals surface area contributed by atoms with E-state index < -0.39 is 18.9 Å². The Bertz CT molecular complexity index is 375. The van der Waals surface area contributed by atoms with Gasteiger partial charge in [-0.05, 0) is 25.7 Å². The second kappa shape index (κ2) is 5.88. The predicted molar refractivity (Wildman–Crippen MR) is 62.9 cm³/mol. The van der Waals surface area contributed by atoms with E-state index in [4.69, 9.17) is 0 Å². The van der Waals surface area contributed by atoms with Crippen LogP contribution in [-0.2, 0) is 9.53 Å². The molecule has 1 aliphatic carbocycles. The Kier molecular flexibility index (Phi) is 4.39. The van der Waals surface area contributed by atoms with Crippen LogP contribution in [0.2, 0.25) is 0 Å². The molecule has 0 spiro atoms. The van der Waals surface area contributed by atoms with Crippen LogP contribution in [0.25, 0.3) is 0 Å². The number of hydrogen-bond acceptors (Lipinski definition) is 3. The number of rotatable bonds is 3. The average molecular weight is 294 g/mol. The Hall–Kier alpha value is -1.47. The molecule has 0 atom stereocenters. The number of piperidine rings is 1. The molecule has 5 nitrogen and oxygen atoms in total. The van der Waals surface area contributed by atoms with E-state index in [9.17, 15) is 22.8 Å². The van der Waals surface area contributed by atoms with Gasteiger partial charge >= 0.3 is 12.3 Å². The van der Waals surface area contributed by atoms with Gasteiger partial charge in [0, 0.05) is 25.0 Å². The molecule has 0 aromatic carbocycles. The van der Waals surface area contributed by atoms with Gasteiger partial charge in [0.05, 0.1) is 0 Å². The number of halogens is 3. The summed E-state index contributed by atoms with van der Waals surface area (Å²) in [7, 11) is 0. The van der Waals surface area contributed by atoms with Crippen molar-refractivity contribution in [1.29, 1.82) is 0 Å². The lowest BCUT2D eigenvalue weighted by atomic mass is 10.0. The molecule has 1 saturated carbocycles. The third-order valence-corrected chi connectivity index (χ3v) is 3.42. The molecule has 2 amide bonds. The summed E-state index contributed by atoms with van der Waals surface area (Å²) >= 11 is 0. The van der Waals surface area contributed by atoms with Gasteiger partial charge in [-0.15, -0.1) is 0 Å². The van der Waals surface area contributed by atoms with Crippen molar-refractivity contribution in [2.75, 3.05) is 19.7 Å². The maximum absolute atomic E-state index is 11.9. The van der Waals surface area contributed by atoms with Crippen molar-refractivity contribution in [3.8, 4) is 0 Å². The van der Waals surface area contributed by atoms with E-state index in [-0.39, 0.29) is 17.9 Å². The van der Waals surface area contributed by atoms with Crippen molar-refractivity contribution in [1.82, 2.24) is 10.2 Å². The standard InChI is InChI=1S/C12H17F3N2O3/c13-12(14,15)7-20-11(19)16-9-3-5-17(6-4-9)10(18)8-1-2-8/h8-9H,1-7H2,(H,16,19). The number of nitrogens with zero attached hydrogens (tertiary/aromatic N) is 1. The normalized spacial score (nSPS) is 20.6. The first-order valence-electron chi connectivity index (χ1n) is 6.64. The van der Waals surface area contributed by atoms with Crippen molar-refractivity contribution in [2.45, 2.75) is 37.9 Å². The second-order valence-corrected chi connectivity index (χ2v) is 5.21. The number of likely N-dealkylation sites (tertiary alicyclic amines) is 1. The highest BCUT2D eigenvalue weighted by Crippen LogP contribution is 2.31. The highest BCUT2D eigenvalue weighted by molar-refractivity contribution is 5.81. The quantitative estimate of drug-likeness (QED) is 0.861. The number of carbonyl (C=O) groups excluding carboxylic acids is 2. The molecule has 1 N–H and O–H groups in total. The van der Waals surface area contributed by atoms with Crippen molar-refractivity contribution in [3.05, 3.63) is 0 Å². The zero-order valence-electron chi connectivity index (χ0n) is 10.9. The summed E-state index contributed by atoms with van der Waals surface area (Å²) in [5.74, 6) is 0.319. The number of alkyl halides is 3. The van der Waals surface area contributed by atoms with Gasteiger partial charge in [-0.3, -0.25) is 4.79 Å².